The molecular weight excluding hydrogens is 168 g/mol. The van der Waals surface area contributed by atoms with E-state index in [9.17, 15) is 0 Å². The Bertz CT molecular complexity index is 266. The van der Waals surface area contributed by atoms with Crippen LogP contribution in [0.4, 0.5) is 5.69 Å². The van der Waals surface area contributed by atoms with Crippen LogP contribution in [0.3, 0.4) is 0 Å². The third-order valence-corrected chi connectivity index (χ3v) is 2.49. The lowest BCUT2D eigenvalue weighted by atomic mass is 9.95. The van der Waals surface area contributed by atoms with Crippen molar-refractivity contribution in [3.05, 3.63) is 12.0 Å². The number of nitrogens with two attached hydrogens (primary N) is 1. The molecule has 2 heterocycles. The Morgan fingerprint density at radius 3 is 2.85 bits per heavy atom. The van der Waals surface area contributed by atoms with Crippen molar-refractivity contribution in [1.29, 1.82) is 0 Å². The van der Waals surface area contributed by atoms with Gasteiger partial charge in [-0.05, 0) is 18.8 Å². The first-order valence-electron chi connectivity index (χ1n) is 4.63. The summed E-state index contributed by atoms with van der Waals surface area (Å²) in [6.07, 6.45) is 4.66. The van der Waals surface area contributed by atoms with E-state index in [1.807, 2.05) is 0 Å². The Kier molecular flexibility index (Phi) is 2.49. The lowest BCUT2D eigenvalue weighted by molar-refractivity contribution is 0.0646. The largest absolute Gasteiger partial charge is 0.395 e. The molecule has 0 atom stereocenters. The van der Waals surface area contributed by atoms with Gasteiger partial charge in [0.15, 0.2) is 5.76 Å². The molecule has 1 aromatic heterocycles. The van der Waals surface area contributed by atoms with Crippen LogP contribution in [0.15, 0.2) is 10.7 Å². The van der Waals surface area contributed by atoms with E-state index in [-0.39, 0.29) is 0 Å². The van der Waals surface area contributed by atoms with Gasteiger partial charge in [0.2, 0.25) is 0 Å². The van der Waals surface area contributed by atoms with Crippen molar-refractivity contribution in [3.8, 4) is 0 Å². The summed E-state index contributed by atoms with van der Waals surface area (Å²) in [6, 6.07) is 0. The molecular formula is C9H14N2O2. The summed E-state index contributed by atoms with van der Waals surface area (Å²) in [5.74, 6) is 1.47. The molecule has 4 nitrogen and oxygen atoms in total. The summed E-state index contributed by atoms with van der Waals surface area (Å²) in [7, 11) is 0. The number of hydrogen-bond acceptors (Lipinski definition) is 4. The topological polar surface area (TPSA) is 61.3 Å². The maximum absolute atomic E-state index is 5.67. The van der Waals surface area contributed by atoms with Crippen LogP contribution in [0.1, 0.15) is 18.6 Å². The summed E-state index contributed by atoms with van der Waals surface area (Å²) in [6.45, 7) is 1.72. The molecule has 0 spiro atoms. The minimum absolute atomic E-state index is 0.643. The number of ether oxygens (including phenoxy) is 1. The van der Waals surface area contributed by atoms with Crippen LogP contribution < -0.4 is 5.73 Å². The maximum Gasteiger partial charge on any atom is 0.159 e. The second-order valence-electron chi connectivity index (χ2n) is 3.46. The third-order valence-electron chi connectivity index (χ3n) is 2.49. The Labute approximate surface area is 77.0 Å². The molecule has 0 aromatic carbocycles. The fraction of sp³-hybridized carbons (Fsp3) is 0.667. The van der Waals surface area contributed by atoms with Gasteiger partial charge in [0, 0.05) is 19.6 Å². The Balaban J connectivity index is 1.93. The molecule has 0 aliphatic carbocycles. The molecule has 1 fully saturated rings. The lowest BCUT2D eigenvalue weighted by Crippen LogP contribution is -2.17. The molecule has 1 aliphatic heterocycles. The van der Waals surface area contributed by atoms with Crippen molar-refractivity contribution in [2.24, 2.45) is 5.92 Å². The van der Waals surface area contributed by atoms with Gasteiger partial charge < -0.3 is 15.0 Å². The minimum Gasteiger partial charge on any atom is -0.395 e. The highest BCUT2D eigenvalue weighted by Crippen LogP contribution is 2.22. The molecule has 2 rings (SSSR count). The standard InChI is InChI=1S/C9H14N2O2/c10-8-6-11-13-9(8)5-7-1-3-12-4-2-7/h6-7H,1-5,10H2. The number of anilines is 1. The van der Waals surface area contributed by atoms with Crippen molar-refractivity contribution >= 4 is 5.69 Å². The molecule has 13 heavy (non-hydrogen) atoms. The highest BCUT2D eigenvalue weighted by atomic mass is 16.5. The van der Waals surface area contributed by atoms with Crippen molar-refractivity contribution in [2.75, 3.05) is 18.9 Å². The quantitative estimate of drug-likeness (QED) is 0.747. The van der Waals surface area contributed by atoms with E-state index < -0.39 is 0 Å². The summed E-state index contributed by atoms with van der Waals surface area (Å²) < 4.78 is 10.3. The van der Waals surface area contributed by atoms with E-state index in [1.54, 1.807) is 6.20 Å². The first kappa shape index (κ1) is 8.56. The average molecular weight is 182 g/mol. The lowest BCUT2D eigenvalue weighted by Gasteiger charge is -2.20. The van der Waals surface area contributed by atoms with Gasteiger partial charge in [-0.3, -0.25) is 0 Å². The summed E-state index contributed by atoms with van der Waals surface area (Å²) in [5.41, 5.74) is 6.34. The first-order chi connectivity index (χ1) is 6.36. The van der Waals surface area contributed by atoms with E-state index in [0.717, 1.165) is 38.2 Å². The molecule has 0 bridgehead atoms. The van der Waals surface area contributed by atoms with Crippen LogP contribution >= 0.6 is 0 Å². The molecule has 1 aliphatic rings. The number of nitrogens with zero attached hydrogens (tertiary/aromatic N) is 1. The Morgan fingerprint density at radius 1 is 1.46 bits per heavy atom. The number of nitrogen functional groups attached to an aromatic ring is 1. The van der Waals surface area contributed by atoms with Crippen LogP contribution in [0, 0.1) is 5.92 Å². The highest BCUT2D eigenvalue weighted by molar-refractivity contribution is 5.38. The molecule has 0 unspecified atom stereocenters. The van der Waals surface area contributed by atoms with E-state index in [4.69, 9.17) is 15.0 Å². The van der Waals surface area contributed by atoms with Crippen LogP contribution in [-0.2, 0) is 11.2 Å². The molecule has 0 radical (unpaired) electrons. The molecule has 1 saturated heterocycles. The smallest absolute Gasteiger partial charge is 0.159 e. The van der Waals surface area contributed by atoms with Crippen molar-refractivity contribution in [1.82, 2.24) is 5.16 Å². The summed E-state index contributed by atoms with van der Waals surface area (Å²) in [5, 5.41) is 3.66. The van der Waals surface area contributed by atoms with Crippen LogP contribution in [-0.4, -0.2) is 18.4 Å². The van der Waals surface area contributed by atoms with Crippen molar-refractivity contribution < 1.29 is 9.26 Å². The van der Waals surface area contributed by atoms with E-state index in [2.05, 4.69) is 5.16 Å². The number of hydrogen-bond donors (Lipinski definition) is 1. The van der Waals surface area contributed by atoms with Gasteiger partial charge in [0.05, 0.1) is 11.9 Å². The molecule has 2 N–H and O–H groups in total. The van der Waals surface area contributed by atoms with E-state index >= 15 is 0 Å². The van der Waals surface area contributed by atoms with Crippen LogP contribution in [0.25, 0.3) is 0 Å². The van der Waals surface area contributed by atoms with Gasteiger partial charge in [-0.25, -0.2) is 0 Å². The predicted octanol–water partition coefficient (Wildman–Crippen LogP) is 1.23. The van der Waals surface area contributed by atoms with Crippen LogP contribution in [0.2, 0.25) is 0 Å². The fourth-order valence-electron chi connectivity index (χ4n) is 1.64. The van der Waals surface area contributed by atoms with Crippen molar-refractivity contribution in [2.45, 2.75) is 19.3 Å². The monoisotopic (exact) mass is 182 g/mol. The first-order valence-corrected chi connectivity index (χ1v) is 4.63. The zero-order chi connectivity index (χ0) is 9.10. The second kappa shape index (κ2) is 3.79. The predicted molar refractivity (Wildman–Crippen MR) is 48.2 cm³/mol. The molecule has 1 aromatic rings. The second-order valence-corrected chi connectivity index (χ2v) is 3.46. The molecule has 0 saturated carbocycles. The normalized spacial score (nSPS) is 19.1. The Hall–Kier alpha value is -1.03. The van der Waals surface area contributed by atoms with Crippen LogP contribution in [0.5, 0.6) is 0 Å². The minimum atomic E-state index is 0.643. The van der Waals surface area contributed by atoms with Gasteiger partial charge in [-0.2, -0.15) is 0 Å². The molecule has 72 valence electrons. The molecule has 0 amide bonds. The third kappa shape index (κ3) is 2.01. The van der Waals surface area contributed by atoms with Crippen molar-refractivity contribution in [3.63, 3.8) is 0 Å². The highest BCUT2D eigenvalue weighted by Gasteiger charge is 2.17. The van der Waals surface area contributed by atoms with E-state index in [0.29, 0.717) is 11.6 Å². The van der Waals surface area contributed by atoms with Gasteiger partial charge in [-0.1, -0.05) is 5.16 Å². The fourth-order valence-corrected chi connectivity index (χ4v) is 1.64. The maximum atomic E-state index is 5.67. The van der Waals surface area contributed by atoms with Gasteiger partial charge in [-0.15, -0.1) is 0 Å². The molecule has 4 heteroatoms. The Morgan fingerprint density at radius 2 is 2.23 bits per heavy atom. The summed E-state index contributed by atoms with van der Waals surface area (Å²) >= 11 is 0. The zero-order valence-electron chi connectivity index (χ0n) is 7.53. The zero-order valence-corrected chi connectivity index (χ0v) is 7.53. The SMILES string of the molecule is Nc1cnoc1CC1CCOCC1. The average Bonchev–Trinajstić information content (AvgIpc) is 2.54. The van der Waals surface area contributed by atoms with Gasteiger partial charge in [0.25, 0.3) is 0 Å². The van der Waals surface area contributed by atoms with E-state index in [1.165, 1.54) is 0 Å². The number of rotatable bonds is 2. The van der Waals surface area contributed by atoms with Gasteiger partial charge >= 0.3 is 0 Å². The number of aromatic nitrogens is 1. The van der Waals surface area contributed by atoms with Gasteiger partial charge in [0.1, 0.15) is 0 Å². The summed E-state index contributed by atoms with van der Waals surface area (Å²) in [4.78, 5) is 0.